The van der Waals surface area contributed by atoms with Crippen molar-refractivity contribution in [1.29, 1.82) is 0 Å². The zero-order chi connectivity index (χ0) is 9.80. The molecule has 2 fully saturated rings. The monoisotopic (exact) mass is 360 g/mol. The van der Waals surface area contributed by atoms with E-state index in [0.29, 0.717) is 0 Å². The molecule has 82 valence electrons. The van der Waals surface area contributed by atoms with Gasteiger partial charge in [0.15, 0.2) is 0 Å². The summed E-state index contributed by atoms with van der Waals surface area (Å²) >= 11 is 6.99. The van der Waals surface area contributed by atoms with Gasteiger partial charge in [0.05, 0.1) is 0 Å². The van der Waals surface area contributed by atoms with E-state index in [1.54, 1.807) is 0 Å². The van der Waals surface area contributed by atoms with Crippen LogP contribution in [0.5, 0.6) is 0 Å². The first kappa shape index (κ1) is 12.0. The Morgan fingerprint density at radius 2 is 1.14 bits per heavy atom. The van der Waals surface area contributed by atoms with Crippen molar-refractivity contribution in [2.75, 3.05) is 49.2 Å². The third-order valence-electron chi connectivity index (χ3n) is 2.69. The number of nitrogens with zero attached hydrogens (tertiary/aromatic N) is 2. The second-order valence-electron chi connectivity index (χ2n) is 3.61. The van der Waals surface area contributed by atoms with Gasteiger partial charge in [-0.2, -0.15) is 23.5 Å². The Balaban J connectivity index is 1.82. The summed E-state index contributed by atoms with van der Waals surface area (Å²) in [5, 5.41) is 0. The SMILES string of the molecule is I[SiH](N1CCSCC1)N1CCSCC1. The second kappa shape index (κ2) is 6.34. The molecule has 0 amide bonds. The van der Waals surface area contributed by atoms with E-state index in [4.69, 9.17) is 0 Å². The molecule has 0 aromatic carbocycles. The number of hydrogen-bond donors (Lipinski definition) is 0. The summed E-state index contributed by atoms with van der Waals surface area (Å²) in [7, 11) is 0. The zero-order valence-corrected chi connectivity index (χ0v) is 13.3. The summed E-state index contributed by atoms with van der Waals surface area (Å²) in [4.78, 5) is 0. The van der Waals surface area contributed by atoms with Gasteiger partial charge in [-0.1, -0.05) is 21.8 Å². The highest BCUT2D eigenvalue weighted by molar-refractivity contribution is 14.1. The van der Waals surface area contributed by atoms with Crippen molar-refractivity contribution in [2.24, 2.45) is 0 Å². The van der Waals surface area contributed by atoms with E-state index >= 15 is 0 Å². The molecule has 0 radical (unpaired) electrons. The van der Waals surface area contributed by atoms with E-state index in [9.17, 15) is 0 Å². The Morgan fingerprint density at radius 3 is 1.50 bits per heavy atom. The number of thioether (sulfide) groups is 2. The van der Waals surface area contributed by atoms with Crippen LogP contribution in [0.25, 0.3) is 0 Å². The number of rotatable bonds is 2. The minimum Gasteiger partial charge on any atom is -0.305 e. The Morgan fingerprint density at radius 1 is 0.786 bits per heavy atom. The Hall–Kier alpha value is 1.57. The highest BCUT2D eigenvalue weighted by Crippen LogP contribution is 2.19. The third kappa shape index (κ3) is 3.28. The van der Waals surface area contributed by atoms with E-state index in [1.807, 2.05) is 0 Å². The van der Waals surface area contributed by atoms with E-state index < -0.39 is 6.62 Å². The first-order valence-electron chi connectivity index (χ1n) is 5.15. The van der Waals surface area contributed by atoms with Crippen LogP contribution in [0.15, 0.2) is 0 Å². The first-order valence-corrected chi connectivity index (χ1v) is 12.7. The molecule has 0 aromatic rings. The molecule has 2 rings (SSSR count). The van der Waals surface area contributed by atoms with Crippen molar-refractivity contribution in [2.45, 2.75) is 0 Å². The average Bonchev–Trinajstić information content (AvgIpc) is 2.30. The lowest BCUT2D eigenvalue weighted by Crippen LogP contribution is -2.54. The largest absolute Gasteiger partial charge is 0.305 e. The van der Waals surface area contributed by atoms with Gasteiger partial charge in [-0.15, -0.1) is 0 Å². The molecule has 0 aromatic heterocycles. The summed E-state index contributed by atoms with van der Waals surface area (Å²) in [6, 6.07) is 0. The average molecular weight is 360 g/mol. The molecule has 2 aliphatic heterocycles. The normalized spacial score (nSPS) is 27.0. The van der Waals surface area contributed by atoms with E-state index in [1.165, 1.54) is 49.2 Å². The highest BCUT2D eigenvalue weighted by Gasteiger charge is 2.27. The smallest absolute Gasteiger partial charge is 0.259 e. The summed E-state index contributed by atoms with van der Waals surface area (Å²) in [6.07, 6.45) is 0. The Bertz CT molecular complexity index is 157. The molecule has 0 atom stereocenters. The lowest BCUT2D eigenvalue weighted by atomic mass is 10.6. The summed E-state index contributed by atoms with van der Waals surface area (Å²) in [5.41, 5.74) is 0. The molecule has 2 aliphatic rings. The van der Waals surface area contributed by atoms with Crippen molar-refractivity contribution >= 4 is 51.9 Å². The predicted molar refractivity (Wildman–Crippen MR) is 79.0 cm³/mol. The fourth-order valence-corrected chi connectivity index (χ4v) is 9.60. The molecular weight excluding hydrogens is 343 g/mol. The third-order valence-corrected chi connectivity index (χ3v) is 11.5. The molecule has 14 heavy (non-hydrogen) atoms. The van der Waals surface area contributed by atoms with Crippen molar-refractivity contribution in [3.05, 3.63) is 0 Å². The van der Waals surface area contributed by atoms with Gasteiger partial charge in [0, 0.05) is 49.2 Å². The standard InChI is InChI=1S/C8H17IN2S2Si/c9-14(10-1-5-12-6-2-10)11-3-7-13-8-4-11/h14H,1-8H2. The number of halogens is 1. The lowest BCUT2D eigenvalue weighted by molar-refractivity contribution is 0.396. The van der Waals surface area contributed by atoms with Crippen molar-refractivity contribution in [3.63, 3.8) is 0 Å². The van der Waals surface area contributed by atoms with Crippen LogP contribution >= 0.6 is 45.3 Å². The molecule has 0 spiro atoms. The predicted octanol–water partition coefficient (Wildman–Crippen LogP) is 1.24. The van der Waals surface area contributed by atoms with Gasteiger partial charge >= 0.3 is 0 Å². The van der Waals surface area contributed by atoms with Gasteiger partial charge < -0.3 is 9.13 Å². The molecular formula is C8H17IN2S2Si. The van der Waals surface area contributed by atoms with Crippen LogP contribution in [0, 0.1) is 0 Å². The topological polar surface area (TPSA) is 6.48 Å². The van der Waals surface area contributed by atoms with Crippen LogP contribution in [0.3, 0.4) is 0 Å². The van der Waals surface area contributed by atoms with Crippen molar-refractivity contribution in [3.8, 4) is 0 Å². The maximum atomic E-state index is 2.77. The number of hydrogen-bond acceptors (Lipinski definition) is 4. The quantitative estimate of drug-likeness (QED) is 0.415. The van der Waals surface area contributed by atoms with Crippen LogP contribution in [-0.2, 0) is 0 Å². The minimum absolute atomic E-state index is 0.755. The molecule has 0 N–H and O–H groups in total. The van der Waals surface area contributed by atoms with Crippen molar-refractivity contribution in [1.82, 2.24) is 9.13 Å². The van der Waals surface area contributed by atoms with Gasteiger partial charge in [0.1, 0.15) is 0 Å². The fraction of sp³-hybridized carbons (Fsp3) is 1.00. The maximum absolute atomic E-state index is 2.77. The van der Waals surface area contributed by atoms with Gasteiger partial charge in [0.25, 0.3) is 6.62 Å². The fourth-order valence-electron chi connectivity index (χ4n) is 1.81. The molecule has 2 saturated heterocycles. The van der Waals surface area contributed by atoms with Crippen LogP contribution in [0.2, 0.25) is 0 Å². The summed E-state index contributed by atoms with van der Waals surface area (Å²) < 4.78 is 5.54. The first-order chi connectivity index (χ1) is 6.88. The Kier molecular flexibility index (Phi) is 5.45. The van der Waals surface area contributed by atoms with E-state index in [-0.39, 0.29) is 0 Å². The van der Waals surface area contributed by atoms with Gasteiger partial charge in [-0.05, 0) is 0 Å². The van der Waals surface area contributed by atoms with Gasteiger partial charge in [0.2, 0.25) is 0 Å². The van der Waals surface area contributed by atoms with Crippen LogP contribution in [0.4, 0.5) is 0 Å². The van der Waals surface area contributed by atoms with Gasteiger partial charge in [-0.3, -0.25) is 0 Å². The molecule has 0 saturated carbocycles. The summed E-state index contributed by atoms with van der Waals surface area (Å²) in [5.74, 6) is 5.42. The molecule has 2 nitrogen and oxygen atoms in total. The minimum atomic E-state index is -0.755. The molecule has 0 bridgehead atoms. The van der Waals surface area contributed by atoms with Crippen LogP contribution < -0.4 is 0 Å². The molecule has 0 aliphatic carbocycles. The molecule has 0 unspecified atom stereocenters. The lowest BCUT2D eigenvalue weighted by Gasteiger charge is -2.38. The van der Waals surface area contributed by atoms with Crippen LogP contribution in [0.1, 0.15) is 0 Å². The second-order valence-corrected chi connectivity index (χ2v) is 11.5. The summed E-state index contributed by atoms with van der Waals surface area (Å²) in [6.45, 7) is 4.61. The van der Waals surface area contributed by atoms with E-state index in [0.717, 1.165) is 0 Å². The van der Waals surface area contributed by atoms with Gasteiger partial charge in [-0.25, -0.2) is 0 Å². The highest BCUT2D eigenvalue weighted by atomic mass is 127. The van der Waals surface area contributed by atoms with E-state index in [2.05, 4.69) is 54.5 Å². The maximum Gasteiger partial charge on any atom is 0.259 e. The molecule has 2 heterocycles. The Labute approximate surface area is 110 Å². The van der Waals surface area contributed by atoms with Crippen LogP contribution in [-0.4, -0.2) is 64.9 Å². The zero-order valence-electron chi connectivity index (χ0n) is 8.32. The van der Waals surface area contributed by atoms with Crippen molar-refractivity contribution < 1.29 is 0 Å². The molecule has 6 heteroatoms.